The number of fused-ring (bicyclic) bond motifs is 2. The number of ether oxygens (including phenoxy) is 3. The van der Waals surface area contributed by atoms with E-state index in [1.165, 1.54) is 11.8 Å². The van der Waals surface area contributed by atoms with Crippen molar-refractivity contribution in [2.75, 3.05) is 26.3 Å². The van der Waals surface area contributed by atoms with Gasteiger partial charge in [-0.25, -0.2) is 0 Å². The molecule has 9 nitrogen and oxygen atoms in total. The van der Waals surface area contributed by atoms with Crippen LogP contribution in [0.25, 0.3) is 0 Å². The second kappa shape index (κ2) is 10.7. The minimum atomic E-state index is -0.549. The van der Waals surface area contributed by atoms with Crippen LogP contribution >= 0.6 is 11.8 Å². The molecule has 0 bridgehead atoms. The van der Waals surface area contributed by atoms with Crippen LogP contribution in [0.1, 0.15) is 34.6 Å². The van der Waals surface area contributed by atoms with E-state index >= 15 is 0 Å². The molecule has 0 unspecified atom stereocenters. The first-order chi connectivity index (χ1) is 15.4. The molecule has 0 aromatic heterocycles. The fraction of sp³-hybridized carbons (Fsp3) is 0.273. The Balaban J connectivity index is 1.81. The van der Waals surface area contributed by atoms with Gasteiger partial charge in [0.15, 0.2) is 11.5 Å². The van der Waals surface area contributed by atoms with Crippen molar-refractivity contribution in [3.05, 3.63) is 47.5 Å². The van der Waals surface area contributed by atoms with Crippen LogP contribution in [-0.4, -0.2) is 50.1 Å². The number of carbonyl (C=O) groups excluding carboxylic acids is 4. The summed E-state index contributed by atoms with van der Waals surface area (Å²) >= 11 is 1.34. The van der Waals surface area contributed by atoms with Gasteiger partial charge in [0.05, 0.1) is 34.1 Å². The van der Waals surface area contributed by atoms with Gasteiger partial charge in [0.1, 0.15) is 13.1 Å². The lowest BCUT2D eigenvalue weighted by molar-refractivity contribution is -0.142. The number of para-hydroxylation sites is 2. The molecular formula is C22H22N2O7S. The first-order valence-electron chi connectivity index (χ1n) is 9.94. The third-order valence-corrected chi connectivity index (χ3v) is 5.35. The van der Waals surface area contributed by atoms with Gasteiger partial charge in [-0.3, -0.25) is 19.2 Å². The molecule has 0 spiro atoms. The van der Waals surface area contributed by atoms with E-state index in [1.807, 2.05) is 0 Å². The van der Waals surface area contributed by atoms with E-state index in [-0.39, 0.29) is 48.9 Å². The number of amides is 2. The maximum Gasteiger partial charge on any atom is 0.325 e. The van der Waals surface area contributed by atoms with Crippen molar-refractivity contribution < 1.29 is 33.4 Å². The molecule has 0 saturated heterocycles. The van der Waals surface area contributed by atoms with E-state index in [2.05, 4.69) is 10.6 Å². The average molecular weight is 458 g/mol. The Morgan fingerprint density at radius 1 is 0.781 bits per heavy atom. The van der Waals surface area contributed by atoms with E-state index in [0.29, 0.717) is 9.79 Å². The molecule has 0 fully saturated rings. The molecule has 0 saturated carbocycles. The van der Waals surface area contributed by atoms with Crippen LogP contribution < -0.4 is 15.4 Å². The van der Waals surface area contributed by atoms with E-state index in [0.717, 1.165) is 0 Å². The molecule has 2 aromatic rings. The number of hydrogen-bond donors (Lipinski definition) is 2. The van der Waals surface area contributed by atoms with Crippen LogP contribution in [0.5, 0.6) is 11.5 Å². The SMILES string of the molecule is CCOC(=O)CNC(=O)c1cccc2c1Oc1c(cccc1C(=O)NCC(=O)OCC)S2. The van der Waals surface area contributed by atoms with Crippen LogP contribution in [0.4, 0.5) is 0 Å². The van der Waals surface area contributed by atoms with E-state index < -0.39 is 23.8 Å². The Hall–Kier alpha value is -3.53. The molecule has 0 radical (unpaired) electrons. The van der Waals surface area contributed by atoms with Crippen molar-refractivity contribution >= 4 is 35.5 Å². The lowest BCUT2D eigenvalue weighted by Crippen LogP contribution is -2.31. The molecule has 2 amide bonds. The molecule has 1 aliphatic heterocycles. The van der Waals surface area contributed by atoms with Gasteiger partial charge in [-0.1, -0.05) is 23.9 Å². The molecule has 3 rings (SSSR count). The lowest BCUT2D eigenvalue weighted by Gasteiger charge is -2.23. The maximum absolute atomic E-state index is 12.7. The number of esters is 2. The highest BCUT2D eigenvalue weighted by Gasteiger charge is 2.27. The molecule has 32 heavy (non-hydrogen) atoms. The molecule has 2 N–H and O–H groups in total. The Labute approximate surface area is 188 Å². The fourth-order valence-electron chi connectivity index (χ4n) is 2.90. The number of benzene rings is 2. The van der Waals surface area contributed by atoms with Crippen molar-refractivity contribution in [3.63, 3.8) is 0 Å². The Morgan fingerprint density at radius 2 is 1.22 bits per heavy atom. The first kappa shape index (κ1) is 23.1. The van der Waals surface area contributed by atoms with Gasteiger partial charge in [0.25, 0.3) is 11.8 Å². The van der Waals surface area contributed by atoms with Gasteiger partial charge in [0.2, 0.25) is 0 Å². The third-order valence-electron chi connectivity index (χ3n) is 4.27. The van der Waals surface area contributed by atoms with Crippen LogP contribution in [0, 0.1) is 0 Å². The summed E-state index contributed by atoms with van der Waals surface area (Å²) in [4.78, 5) is 49.8. The van der Waals surface area contributed by atoms with Gasteiger partial charge in [0, 0.05) is 0 Å². The largest absolute Gasteiger partial charge is 0.465 e. The number of nitrogens with one attached hydrogen (secondary N) is 2. The highest BCUT2D eigenvalue weighted by Crippen LogP contribution is 2.49. The fourth-order valence-corrected chi connectivity index (χ4v) is 3.92. The first-order valence-corrected chi connectivity index (χ1v) is 10.8. The van der Waals surface area contributed by atoms with Crippen LogP contribution in [0.3, 0.4) is 0 Å². The second-order valence-electron chi connectivity index (χ2n) is 6.45. The molecule has 10 heteroatoms. The molecule has 1 heterocycles. The quantitative estimate of drug-likeness (QED) is 0.494. The molecule has 1 aliphatic rings. The summed E-state index contributed by atoms with van der Waals surface area (Å²) in [6.45, 7) is 3.23. The summed E-state index contributed by atoms with van der Waals surface area (Å²) in [6, 6.07) is 10.1. The van der Waals surface area contributed by atoms with E-state index in [4.69, 9.17) is 14.2 Å². The van der Waals surface area contributed by atoms with Gasteiger partial charge < -0.3 is 24.8 Å². The molecule has 2 aromatic carbocycles. The monoisotopic (exact) mass is 458 g/mol. The molecule has 0 aliphatic carbocycles. The third kappa shape index (κ3) is 5.38. The Bertz CT molecular complexity index is 973. The average Bonchev–Trinajstić information content (AvgIpc) is 2.79. The minimum Gasteiger partial charge on any atom is -0.465 e. The standard InChI is InChI=1S/C22H22N2O7S/c1-3-29-17(25)11-23-21(27)13-7-5-9-15-19(13)31-20-14(8-6-10-16(20)32-15)22(28)24-12-18(26)30-4-2/h5-10H,3-4,11-12H2,1-2H3,(H,23,27)(H,24,28). The lowest BCUT2D eigenvalue weighted by atomic mass is 10.1. The predicted molar refractivity (Wildman–Crippen MR) is 115 cm³/mol. The predicted octanol–water partition coefficient (Wildman–Crippen LogP) is 2.53. The van der Waals surface area contributed by atoms with Gasteiger partial charge in [-0.2, -0.15) is 0 Å². The van der Waals surface area contributed by atoms with Crippen molar-refractivity contribution in [2.45, 2.75) is 23.6 Å². The highest BCUT2D eigenvalue weighted by molar-refractivity contribution is 7.99. The Morgan fingerprint density at radius 3 is 1.62 bits per heavy atom. The van der Waals surface area contributed by atoms with Crippen LogP contribution in [0.15, 0.2) is 46.2 Å². The zero-order chi connectivity index (χ0) is 23.1. The second-order valence-corrected chi connectivity index (χ2v) is 7.53. The summed E-state index contributed by atoms with van der Waals surface area (Å²) in [5, 5.41) is 5.01. The zero-order valence-corrected chi connectivity index (χ0v) is 18.4. The zero-order valence-electron chi connectivity index (χ0n) is 17.6. The molecule has 168 valence electrons. The van der Waals surface area contributed by atoms with Gasteiger partial charge >= 0.3 is 11.9 Å². The number of hydrogen-bond acceptors (Lipinski definition) is 8. The van der Waals surface area contributed by atoms with Crippen molar-refractivity contribution in [1.82, 2.24) is 10.6 Å². The minimum absolute atomic E-state index is 0.215. The topological polar surface area (TPSA) is 120 Å². The van der Waals surface area contributed by atoms with E-state index in [9.17, 15) is 19.2 Å². The summed E-state index contributed by atoms with van der Waals surface area (Å²) < 4.78 is 15.7. The summed E-state index contributed by atoms with van der Waals surface area (Å²) in [7, 11) is 0. The number of carbonyl (C=O) groups is 4. The summed E-state index contributed by atoms with van der Waals surface area (Å²) in [5.41, 5.74) is 0.429. The van der Waals surface area contributed by atoms with Crippen molar-refractivity contribution in [3.8, 4) is 11.5 Å². The molecular weight excluding hydrogens is 436 g/mol. The normalized spacial score (nSPS) is 11.3. The Kier molecular flexibility index (Phi) is 7.72. The van der Waals surface area contributed by atoms with Crippen molar-refractivity contribution in [1.29, 1.82) is 0 Å². The molecule has 0 atom stereocenters. The number of rotatable bonds is 8. The van der Waals surface area contributed by atoms with Crippen LogP contribution in [0.2, 0.25) is 0 Å². The van der Waals surface area contributed by atoms with Crippen LogP contribution in [-0.2, 0) is 19.1 Å². The van der Waals surface area contributed by atoms with Crippen molar-refractivity contribution in [2.24, 2.45) is 0 Å². The maximum atomic E-state index is 12.7. The summed E-state index contributed by atoms with van der Waals surface area (Å²) in [5.74, 6) is -1.57. The van der Waals surface area contributed by atoms with Gasteiger partial charge in [-0.15, -0.1) is 0 Å². The highest BCUT2D eigenvalue weighted by atomic mass is 32.2. The summed E-state index contributed by atoms with van der Waals surface area (Å²) in [6.07, 6.45) is 0. The smallest absolute Gasteiger partial charge is 0.325 e. The van der Waals surface area contributed by atoms with E-state index in [1.54, 1.807) is 50.2 Å². The van der Waals surface area contributed by atoms with Gasteiger partial charge in [-0.05, 0) is 38.1 Å².